The summed E-state index contributed by atoms with van der Waals surface area (Å²) in [6.07, 6.45) is 6.22. The molecule has 2 aliphatic heterocycles. The maximum absolute atomic E-state index is 13.3. The van der Waals surface area contributed by atoms with E-state index in [-0.39, 0.29) is 31.2 Å². The van der Waals surface area contributed by atoms with Crippen LogP contribution >= 0.6 is 0 Å². The van der Waals surface area contributed by atoms with Crippen LogP contribution in [0.1, 0.15) is 43.4 Å². The molecule has 1 fully saturated rings. The van der Waals surface area contributed by atoms with Crippen molar-refractivity contribution in [2.24, 2.45) is 11.7 Å². The van der Waals surface area contributed by atoms with Crippen molar-refractivity contribution in [1.82, 2.24) is 19.8 Å². The number of amides is 1. The first-order valence-electron chi connectivity index (χ1n) is 12.6. The topological polar surface area (TPSA) is 131 Å². The number of aryl methyl sites for hydroxylation is 1. The molecule has 10 nitrogen and oxygen atoms in total. The average molecular weight is 498 g/mol. The van der Waals surface area contributed by atoms with Gasteiger partial charge in [-0.3, -0.25) is 14.5 Å². The third-order valence-corrected chi connectivity index (χ3v) is 7.07. The Morgan fingerprint density at radius 3 is 2.78 bits per heavy atom. The molecule has 3 N–H and O–H groups in total. The Hall–Kier alpha value is -3.24. The molecular formula is C26H35N5O5. The van der Waals surface area contributed by atoms with E-state index in [1.54, 1.807) is 11.1 Å². The predicted molar refractivity (Wildman–Crippen MR) is 133 cm³/mol. The van der Waals surface area contributed by atoms with E-state index in [1.807, 2.05) is 29.2 Å². The van der Waals surface area contributed by atoms with Crippen molar-refractivity contribution in [3.8, 4) is 11.5 Å². The highest BCUT2D eigenvalue weighted by Gasteiger charge is 2.47. The first kappa shape index (κ1) is 25.8. The third kappa shape index (κ3) is 5.93. The van der Waals surface area contributed by atoms with E-state index in [9.17, 15) is 14.7 Å². The molecule has 194 valence electrons. The highest BCUT2D eigenvalue weighted by Crippen LogP contribution is 2.42. The number of nitrogens with two attached hydrogens (primary N) is 1. The minimum Gasteiger partial charge on any atom is -0.481 e. The fraction of sp³-hybridized carbons (Fsp3) is 0.538. The number of carboxylic acid groups (broad SMARTS) is 1. The van der Waals surface area contributed by atoms with Gasteiger partial charge in [0.25, 0.3) is 0 Å². The summed E-state index contributed by atoms with van der Waals surface area (Å²) in [6.45, 7) is 4.39. The summed E-state index contributed by atoms with van der Waals surface area (Å²) < 4.78 is 11.0. The van der Waals surface area contributed by atoms with Crippen LogP contribution in [-0.2, 0) is 16.0 Å². The molecule has 36 heavy (non-hydrogen) atoms. The molecule has 0 bridgehead atoms. The molecule has 2 aromatic rings. The van der Waals surface area contributed by atoms with Gasteiger partial charge in [0.1, 0.15) is 6.33 Å². The molecule has 1 saturated heterocycles. The van der Waals surface area contributed by atoms with Gasteiger partial charge in [0, 0.05) is 50.0 Å². The summed E-state index contributed by atoms with van der Waals surface area (Å²) >= 11 is 0. The van der Waals surface area contributed by atoms with Crippen molar-refractivity contribution in [2.45, 2.75) is 44.6 Å². The van der Waals surface area contributed by atoms with Gasteiger partial charge in [-0.2, -0.15) is 0 Å². The zero-order valence-corrected chi connectivity index (χ0v) is 20.7. The first-order valence-corrected chi connectivity index (χ1v) is 12.6. The van der Waals surface area contributed by atoms with Crippen LogP contribution in [0, 0.1) is 5.92 Å². The van der Waals surface area contributed by atoms with Crippen LogP contribution in [0.25, 0.3) is 0 Å². The highest BCUT2D eigenvalue weighted by molar-refractivity contribution is 5.79. The number of rotatable bonds is 12. The molecule has 0 spiro atoms. The van der Waals surface area contributed by atoms with Gasteiger partial charge in [-0.05, 0) is 43.0 Å². The van der Waals surface area contributed by atoms with E-state index in [0.717, 1.165) is 24.1 Å². The number of hydrogen-bond donors (Lipinski definition) is 2. The van der Waals surface area contributed by atoms with E-state index >= 15 is 0 Å². The summed E-state index contributed by atoms with van der Waals surface area (Å²) in [7, 11) is 0. The summed E-state index contributed by atoms with van der Waals surface area (Å²) in [6, 6.07) is 7.11. The second kappa shape index (κ2) is 12.1. The summed E-state index contributed by atoms with van der Waals surface area (Å²) in [5, 5.41) is 10.3. The van der Waals surface area contributed by atoms with E-state index in [2.05, 4.69) is 16.9 Å². The largest absolute Gasteiger partial charge is 0.481 e. The van der Waals surface area contributed by atoms with Gasteiger partial charge >= 0.3 is 5.97 Å². The van der Waals surface area contributed by atoms with Crippen LogP contribution in [0.3, 0.4) is 0 Å². The number of aliphatic carboxylic acids is 1. The fourth-order valence-corrected chi connectivity index (χ4v) is 5.24. The Bertz CT molecular complexity index is 1040. The number of carbonyl (C=O) groups is 2. The number of aromatic nitrogens is 2. The van der Waals surface area contributed by atoms with Crippen LogP contribution in [-0.4, -0.2) is 82.3 Å². The normalized spacial score (nSPS) is 21.0. The predicted octanol–water partition coefficient (Wildman–Crippen LogP) is 1.89. The quantitative estimate of drug-likeness (QED) is 0.451. The maximum Gasteiger partial charge on any atom is 0.308 e. The summed E-state index contributed by atoms with van der Waals surface area (Å²) in [4.78, 5) is 38.0. The number of hydrogen-bond acceptors (Lipinski definition) is 8. The fourth-order valence-electron chi connectivity index (χ4n) is 5.24. The molecule has 0 aliphatic carbocycles. The lowest BCUT2D eigenvalue weighted by Gasteiger charge is -2.29. The second-order valence-corrected chi connectivity index (χ2v) is 9.34. The molecule has 3 heterocycles. The number of likely N-dealkylation sites (tertiary alicyclic amines) is 1. The number of ether oxygens (including phenoxy) is 2. The van der Waals surface area contributed by atoms with E-state index < -0.39 is 11.9 Å². The van der Waals surface area contributed by atoms with Crippen LogP contribution < -0.4 is 15.2 Å². The number of carbonyl (C=O) groups excluding carboxylic acids is 1. The summed E-state index contributed by atoms with van der Waals surface area (Å²) in [5.41, 5.74) is 7.49. The van der Waals surface area contributed by atoms with Crippen LogP contribution in [0.15, 0.2) is 36.8 Å². The molecule has 1 aromatic carbocycles. The SMILES string of the molecule is CCCCN(CCN)C(=O)CN1C[C@H](c2ccc3c(c2)OCO3)C(C(=O)O)[C@@H]1CCc1ccncn1. The molecule has 3 atom stereocenters. The van der Waals surface area contributed by atoms with Gasteiger partial charge < -0.3 is 25.2 Å². The van der Waals surface area contributed by atoms with Crippen LogP contribution in [0.2, 0.25) is 0 Å². The molecule has 2 aliphatic rings. The molecule has 4 rings (SSSR count). The van der Waals surface area contributed by atoms with Gasteiger partial charge in [0.15, 0.2) is 11.5 Å². The number of carboxylic acids is 1. The van der Waals surface area contributed by atoms with Crippen molar-refractivity contribution in [3.63, 3.8) is 0 Å². The standard InChI is InChI=1S/C26H35N5O5/c1-2-3-11-30(12-9-27)24(32)15-31-14-20(18-4-7-22-23(13-18)36-17-35-22)25(26(33)34)21(31)6-5-19-8-10-28-16-29-19/h4,7-8,10,13,16,20-21,25H,2-3,5-6,9,11-12,14-15,17,27H2,1H3,(H,33,34)/t20-,21+,25?/m1/s1. The van der Waals surface area contributed by atoms with E-state index in [4.69, 9.17) is 15.2 Å². The zero-order valence-electron chi connectivity index (χ0n) is 20.7. The lowest BCUT2D eigenvalue weighted by atomic mass is 9.83. The van der Waals surface area contributed by atoms with E-state index in [1.165, 1.54) is 6.33 Å². The molecule has 0 saturated carbocycles. The maximum atomic E-state index is 13.3. The molecular weight excluding hydrogens is 462 g/mol. The molecule has 1 amide bonds. The number of fused-ring (bicyclic) bond motifs is 1. The Balaban J connectivity index is 1.59. The van der Waals surface area contributed by atoms with Gasteiger partial charge in [-0.1, -0.05) is 19.4 Å². The minimum atomic E-state index is -0.870. The highest BCUT2D eigenvalue weighted by atomic mass is 16.7. The molecule has 1 aromatic heterocycles. The van der Waals surface area contributed by atoms with Crippen molar-refractivity contribution in [1.29, 1.82) is 0 Å². The molecule has 1 unspecified atom stereocenters. The second-order valence-electron chi connectivity index (χ2n) is 9.34. The average Bonchev–Trinajstić information content (AvgIpc) is 3.50. The zero-order chi connectivity index (χ0) is 25.5. The monoisotopic (exact) mass is 497 g/mol. The third-order valence-electron chi connectivity index (χ3n) is 7.07. The Labute approximate surface area is 211 Å². The molecule has 10 heteroatoms. The van der Waals surface area contributed by atoms with Crippen molar-refractivity contribution < 1.29 is 24.2 Å². The molecule has 0 radical (unpaired) electrons. The van der Waals surface area contributed by atoms with Crippen LogP contribution in [0.5, 0.6) is 11.5 Å². The van der Waals surface area contributed by atoms with Gasteiger partial charge in [-0.15, -0.1) is 0 Å². The van der Waals surface area contributed by atoms with Crippen molar-refractivity contribution >= 4 is 11.9 Å². The van der Waals surface area contributed by atoms with Crippen molar-refractivity contribution in [3.05, 3.63) is 48.0 Å². The minimum absolute atomic E-state index is 0.0172. The van der Waals surface area contributed by atoms with Crippen molar-refractivity contribution in [2.75, 3.05) is 39.5 Å². The van der Waals surface area contributed by atoms with Gasteiger partial charge in [-0.25, -0.2) is 9.97 Å². The Morgan fingerprint density at radius 2 is 2.06 bits per heavy atom. The first-order chi connectivity index (χ1) is 17.5. The van der Waals surface area contributed by atoms with Gasteiger partial charge in [0.2, 0.25) is 12.7 Å². The van der Waals surface area contributed by atoms with E-state index in [0.29, 0.717) is 50.5 Å². The number of benzene rings is 1. The lowest BCUT2D eigenvalue weighted by Crippen LogP contribution is -2.45. The number of unbranched alkanes of at least 4 members (excludes halogenated alkanes) is 1. The Morgan fingerprint density at radius 1 is 1.22 bits per heavy atom. The summed E-state index contributed by atoms with van der Waals surface area (Å²) in [5.74, 6) is -0.583. The van der Waals surface area contributed by atoms with Gasteiger partial charge in [0.05, 0.1) is 12.5 Å². The Kier molecular flexibility index (Phi) is 8.71. The number of nitrogens with zero attached hydrogens (tertiary/aromatic N) is 4. The van der Waals surface area contributed by atoms with Crippen LogP contribution in [0.4, 0.5) is 0 Å². The smallest absolute Gasteiger partial charge is 0.308 e. The lowest BCUT2D eigenvalue weighted by molar-refractivity contribution is -0.143.